The van der Waals surface area contributed by atoms with Crippen molar-refractivity contribution in [1.29, 1.82) is 0 Å². The van der Waals surface area contributed by atoms with Crippen LogP contribution in [0.2, 0.25) is 0 Å². The molecule has 1 aromatic rings. The van der Waals surface area contributed by atoms with Gasteiger partial charge in [-0.25, -0.2) is 4.79 Å². The average molecular weight is 238 g/mol. The van der Waals surface area contributed by atoms with E-state index >= 15 is 0 Å². The van der Waals surface area contributed by atoms with Crippen molar-refractivity contribution in [3.63, 3.8) is 0 Å². The highest BCUT2D eigenvalue weighted by atomic mass is 32.2. The summed E-state index contributed by atoms with van der Waals surface area (Å²) in [4.78, 5) is 10.7. The van der Waals surface area contributed by atoms with Crippen molar-refractivity contribution in [3.05, 3.63) is 35.4 Å². The summed E-state index contributed by atoms with van der Waals surface area (Å²) in [6.45, 7) is 0. The highest BCUT2D eigenvalue weighted by Gasteiger charge is 2.31. The van der Waals surface area contributed by atoms with Crippen molar-refractivity contribution < 1.29 is 15.0 Å². The first kappa shape index (κ1) is 11.5. The molecule has 0 radical (unpaired) electrons. The monoisotopic (exact) mass is 238 g/mol. The van der Waals surface area contributed by atoms with Gasteiger partial charge >= 0.3 is 5.97 Å². The highest BCUT2D eigenvalue weighted by molar-refractivity contribution is 7.99. The Morgan fingerprint density at radius 1 is 1.31 bits per heavy atom. The first-order valence-corrected chi connectivity index (χ1v) is 6.41. The molecule has 1 fully saturated rings. The van der Waals surface area contributed by atoms with Gasteiger partial charge in [-0.15, -0.1) is 0 Å². The number of thioether (sulfide) groups is 1. The van der Waals surface area contributed by atoms with Gasteiger partial charge in [0, 0.05) is 5.75 Å². The van der Waals surface area contributed by atoms with Gasteiger partial charge in [-0.2, -0.15) is 11.8 Å². The van der Waals surface area contributed by atoms with Gasteiger partial charge in [-0.1, -0.05) is 12.1 Å². The summed E-state index contributed by atoms with van der Waals surface area (Å²) in [5.74, 6) is 0.853. The molecule has 1 saturated heterocycles. The summed E-state index contributed by atoms with van der Waals surface area (Å²) >= 11 is 1.74. The van der Waals surface area contributed by atoms with Crippen molar-refractivity contribution in [2.45, 2.75) is 18.4 Å². The van der Waals surface area contributed by atoms with Gasteiger partial charge in [0.25, 0.3) is 0 Å². The van der Waals surface area contributed by atoms with E-state index in [0.717, 1.165) is 24.2 Å². The van der Waals surface area contributed by atoms with Gasteiger partial charge in [0.05, 0.1) is 11.2 Å². The molecule has 0 bridgehead atoms. The number of hydrogen-bond acceptors (Lipinski definition) is 3. The van der Waals surface area contributed by atoms with Crippen LogP contribution in [0.25, 0.3) is 0 Å². The van der Waals surface area contributed by atoms with Crippen LogP contribution in [0.1, 0.15) is 28.8 Å². The molecule has 0 aromatic heterocycles. The fraction of sp³-hybridized carbons (Fsp3) is 0.417. The van der Waals surface area contributed by atoms with Crippen LogP contribution in [0.4, 0.5) is 0 Å². The number of carboxylic acids is 1. The van der Waals surface area contributed by atoms with Gasteiger partial charge in [0.2, 0.25) is 0 Å². The minimum atomic E-state index is -0.934. The molecule has 4 heteroatoms. The third-order valence-corrected chi connectivity index (χ3v) is 4.15. The van der Waals surface area contributed by atoms with Crippen molar-refractivity contribution in [3.8, 4) is 0 Å². The lowest BCUT2D eigenvalue weighted by Crippen LogP contribution is -2.31. The van der Waals surface area contributed by atoms with E-state index in [1.54, 1.807) is 36.0 Å². The van der Waals surface area contributed by atoms with Gasteiger partial charge < -0.3 is 10.2 Å². The van der Waals surface area contributed by atoms with Gasteiger partial charge in [-0.05, 0) is 36.3 Å². The normalized spacial score (nSPS) is 25.3. The van der Waals surface area contributed by atoms with Gasteiger partial charge in [0.1, 0.15) is 0 Å². The Hall–Kier alpha value is -1.00. The molecule has 1 aromatic carbocycles. The number of carbonyl (C=O) groups is 1. The van der Waals surface area contributed by atoms with Crippen LogP contribution >= 0.6 is 11.8 Å². The Kier molecular flexibility index (Phi) is 3.21. The summed E-state index contributed by atoms with van der Waals surface area (Å²) in [5.41, 5.74) is 0.306. The van der Waals surface area contributed by atoms with Gasteiger partial charge in [0.15, 0.2) is 0 Å². The summed E-state index contributed by atoms with van der Waals surface area (Å²) in [6.07, 6.45) is 1.76. The number of carboxylic acid groups (broad SMARTS) is 1. The molecular weight excluding hydrogens is 224 g/mol. The van der Waals surface area contributed by atoms with Crippen molar-refractivity contribution in [2.75, 3.05) is 11.5 Å². The zero-order chi connectivity index (χ0) is 11.6. The summed E-state index contributed by atoms with van der Waals surface area (Å²) in [5, 5.41) is 19.2. The third-order valence-electron chi connectivity index (χ3n) is 2.89. The molecule has 86 valence electrons. The fourth-order valence-electron chi connectivity index (χ4n) is 1.93. The molecule has 0 aliphatic carbocycles. The molecule has 2 rings (SSSR count). The van der Waals surface area contributed by atoms with Crippen LogP contribution in [0, 0.1) is 0 Å². The maximum absolute atomic E-state index is 10.7. The second kappa shape index (κ2) is 4.47. The van der Waals surface area contributed by atoms with E-state index in [2.05, 4.69) is 0 Å². The molecule has 1 unspecified atom stereocenters. The second-order valence-electron chi connectivity index (χ2n) is 4.07. The number of aromatic carboxylic acids is 1. The van der Waals surface area contributed by atoms with E-state index in [1.165, 1.54) is 0 Å². The molecule has 0 amide bonds. The quantitative estimate of drug-likeness (QED) is 0.828. The van der Waals surface area contributed by atoms with E-state index < -0.39 is 11.6 Å². The van der Waals surface area contributed by atoms with Crippen LogP contribution in [-0.2, 0) is 5.60 Å². The average Bonchev–Trinajstić information content (AvgIpc) is 2.30. The minimum Gasteiger partial charge on any atom is -0.478 e. The number of hydrogen-bond donors (Lipinski definition) is 2. The smallest absolute Gasteiger partial charge is 0.335 e. The summed E-state index contributed by atoms with van der Waals surface area (Å²) in [7, 11) is 0. The largest absolute Gasteiger partial charge is 0.478 e. The Bertz CT molecular complexity index is 380. The predicted molar refractivity (Wildman–Crippen MR) is 63.9 cm³/mol. The van der Waals surface area contributed by atoms with E-state index in [1.807, 2.05) is 0 Å². The number of aliphatic hydroxyl groups is 1. The van der Waals surface area contributed by atoms with Crippen LogP contribution in [0.5, 0.6) is 0 Å². The second-order valence-corrected chi connectivity index (χ2v) is 5.18. The minimum absolute atomic E-state index is 0.260. The van der Waals surface area contributed by atoms with Gasteiger partial charge in [-0.3, -0.25) is 0 Å². The summed E-state index contributed by atoms with van der Waals surface area (Å²) < 4.78 is 0. The Morgan fingerprint density at radius 2 is 2.00 bits per heavy atom. The molecule has 1 aliphatic rings. The Labute approximate surface area is 98.5 Å². The van der Waals surface area contributed by atoms with E-state index in [-0.39, 0.29) is 5.56 Å². The SMILES string of the molecule is O=C(O)c1ccc(C2(O)CCCSC2)cc1. The molecule has 1 heterocycles. The van der Waals surface area contributed by atoms with E-state index in [0.29, 0.717) is 5.75 Å². The molecule has 16 heavy (non-hydrogen) atoms. The number of benzene rings is 1. The third kappa shape index (κ3) is 2.23. The molecule has 1 aliphatic heterocycles. The lowest BCUT2D eigenvalue weighted by atomic mass is 9.90. The first-order chi connectivity index (χ1) is 7.62. The van der Waals surface area contributed by atoms with Crippen molar-refractivity contribution in [2.24, 2.45) is 0 Å². The predicted octanol–water partition coefficient (Wildman–Crippen LogP) is 2.10. The molecule has 2 N–H and O–H groups in total. The van der Waals surface area contributed by atoms with E-state index in [9.17, 15) is 9.90 Å². The van der Waals surface area contributed by atoms with Crippen LogP contribution in [0.15, 0.2) is 24.3 Å². The maximum atomic E-state index is 10.7. The molecule has 1 atom stereocenters. The van der Waals surface area contributed by atoms with Crippen LogP contribution in [-0.4, -0.2) is 27.7 Å². The van der Waals surface area contributed by atoms with Crippen molar-refractivity contribution in [1.82, 2.24) is 0 Å². The molecule has 3 nitrogen and oxygen atoms in total. The first-order valence-electron chi connectivity index (χ1n) is 5.26. The Morgan fingerprint density at radius 3 is 2.50 bits per heavy atom. The van der Waals surface area contributed by atoms with Crippen molar-refractivity contribution >= 4 is 17.7 Å². The fourth-order valence-corrected chi connectivity index (χ4v) is 3.07. The molecule has 0 saturated carbocycles. The zero-order valence-corrected chi connectivity index (χ0v) is 9.67. The zero-order valence-electron chi connectivity index (χ0n) is 8.85. The lowest BCUT2D eigenvalue weighted by Gasteiger charge is -2.32. The lowest BCUT2D eigenvalue weighted by molar-refractivity contribution is 0.0493. The van der Waals surface area contributed by atoms with Crippen LogP contribution in [0.3, 0.4) is 0 Å². The standard InChI is InChI=1S/C12H14O3S/c13-11(14)9-2-4-10(5-3-9)12(15)6-1-7-16-8-12/h2-5,15H,1,6-8H2,(H,13,14). The van der Waals surface area contributed by atoms with E-state index in [4.69, 9.17) is 5.11 Å². The van der Waals surface area contributed by atoms with Crippen LogP contribution < -0.4 is 0 Å². The Balaban J connectivity index is 2.23. The topological polar surface area (TPSA) is 57.5 Å². The summed E-state index contributed by atoms with van der Waals surface area (Å²) in [6, 6.07) is 6.54. The highest BCUT2D eigenvalue weighted by Crippen LogP contribution is 2.35. The number of rotatable bonds is 2. The maximum Gasteiger partial charge on any atom is 0.335 e. The molecule has 0 spiro atoms. The molecular formula is C12H14O3S.